The minimum absolute atomic E-state index is 0.293. The second kappa shape index (κ2) is 4.88. The first-order valence-corrected chi connectivity index (χ1v) is 6.38. The van der Waals surface area contributed by atoms with Crippen molar-refractivity contribution in [3.63, 3.8) is 0 Å². The molecule has 0 aromatic heterocycles. The van der Waals surface area contributed by atoms with Crippen molar-refractivity contribution in [1.82, 2.24) is 0 Å². The topological polar surface area (TPSA) is 37.3 Å². The van der Waals surface area contributed by atoms with E-state index >= 15 is 0 Å². The number of carboxylic acids is 1. The highest BCUT2D eigenvalue weighted by molar-refractivity contribution is 8.04. The van der Waals surface area contributed by atoms with Crippen LogP contribution in [0.4, 0.5) is 0 Å². The molecule has 1 heterocycles. The highest BCUT2D eigenvalue weighted by Gasteiger charge is 2.31. The molecule has 0 radical (unpaired) electrons. The smallest absolute Gasteiger partial charge is 0.303 e. The van der Waals surface area contributed by atoms with Gasteiger partial charge < -0.3 is 5.11 Å². The Morgan fingerprint density at radius 1 is 1.67 bits per heavy atom. The summed E-state index contributed by atoms with van der Waals surface area (Å²) in [5, 5.41) is 9.28. The van der Waals surface area contributed by atoms with Gasteiger partial charge in [-0.2, -0.15) is 0 Å². The van der Waals surface area contributed by atoms with Crippen LogP contribution < -0.4 is 0 Å². The number of fused-ring (bicyclic) bond motifs is 1. The van der Waals surface area contributed by atoms with Crippen LogP contribution in [-0.4, -0.2) is 16.3 Å². The molecule has 0 unspecified atom stereocenters. The van der Waals surface area contributed by atoms with Gasteiger partial charge in [-0.3, -0.25) is 4.79 Å². The summed E-state index contributed by atoms with van der Waals surface area (Å²) >= 11 is 1.99. The number of unbranched alkanes of at least 4 members (excludes halogenated alkanes) is 1. The van der Waals surface area contributed by atoms with Crippen LogP contribution in [0.5, 0.6) is 0 Å². The second-order valence-corrected chi connectivity index (χ2v) is 5.51. The van der Waals surface area contributed by atoms with Gasteiger partial charge in [-0.1, -0.05) is 18.2 Å². The Morgan fingerprint density at radius 3 is 3.27 bits per heavy atom. The maximum atomic E-state index is 10.3. The normalized spacial score (nSPS) is 31.1. The average molecular weight is 224 g/mol. The van der Waals surface area contributed by atoms with Crippen molar-refractivity contribution in [2.45, 2.75) is 37.4 Å². The maximum absolute atomic E-state index is 10.3. The first-order chi connectivity index (χ1) is 7.25. The van der Waals surface area contributed by atoms with E-state index in [2.05, 4.69) is 18.2 Å². The molecule has 0 amide bonds. The van der Waals surface area contributed by atoms with Crippen molar-refractivity contribution in [1.29, 1.82) is 0 Å². The third kappa shape index (κ3) is 2.88. The van der Waals surface area contributed by atoms with Gasteiger partial charge in [0.15, 0.2) is 0 Å². The molecule has 1 fully saturated rings. The van der Waals surface area contributed by atoms with Crippen LogP contribution in [0.1, 0.15) is 32.1 Å². The van der Waals surface area contributed by atoms with E-state index in [0.717, 1.165) is 24.0 Å². The number of carboxylic acid groups (broad SMARTS) is 1. The van der Waals surface area contributed by atoms with Crippen molar-refractivity contribution in [3.05, 3.63) is 23.1 Å². The lowest BCUT2D eigenvalue weighted by atomic mass is 10.0. The van der Waals surface area contributed by atoms with Crippen LogP contribution in [0.25, 0.3) is 0 Å². The Labute approximate surface area is 94.4 Å². The Hall–Kier alpha value is -0.700. The molecule has 0 aromatic rings. The predicted octanol–water partition coefficient (Wildman–Crippen LogP) is 3.21. The molecule has 15 heavy (non-hydrogen) atoms. The quantitative estimate of drug-likeness (QED) is 0.588. The van der Waals surface area contributed by atoms with Crippen molar-refractivity contribution < 1.29 is 9.90 Å². The van der Waals surface area contributed by atoms with E-state index in [1.807, 2.05) is 11.8 Å². The third-order valence-corrected chi connectivity index (χ3v) is 4.42. The van der Waals surface area contributed by atoms with E-state index in [4.69, 9.17) is 5.11 Å². The molecule has 3 heteroatoms. The van der Waals surface area contributed by atoms with E-state index in [9.17, 15) is 4.79 Å². The third-order valence-electron chi connectivity index (χ3n) is 2.94. The fourth-order valence-corrected chi connectivity index (χ4v) is 3.60. The summed E-state index contributed by atoms with van der Waals surface area (Å²) in [5.74, 6) is 0.0630. The van der Waals surface area contributed by atoms with Gasteiger partial charge in [-0.25, -0.2) is 0 Å². The number of carbonyl (C=O) groups is 1. The van der Waals surface area contributed by atoms with Gasteiger partial charge in [0.2, 0.25) is 0 Å². The Kier molecular flexibility index (Phi) is 3.52. The molecular weight excluding hydrogens is 208 g/mol. The van der Waals surface area contributed by atoms with Gasteiger partial charge in [-0.05, 0) is 36.5 Å². The molecule has 1 aliphatic carbocycles. The molecule has 0 bridgehead atoms. The van der Waals surface area contributed by atoms with Gasteiger partial charge in [-0.15, -0.1) is 11.8 Å². The summed E-state index contributed by atoms with van der Waals surface area (Å²) in [6.45, 7) is 0. The monoisotopic (exact) mass is 224 g/mol. The Bertz CT molecular complexity index is 307. The molecule has 82 valence electrons. The van der Waals surface area contributed by atoms with E-state index in [0.29, 0.717) is 6.42 Å². The van der Waals surface area contributed by atoms with E-state index in [1.165, 1.54) is 17.7 Å². The molecule has 1 saturated heterocycles. The zero-order valence-electron chi connectivity index (χ0n) is 8.69. The highest BCUT2D eigenvalue weighted by Crippen LogP contribution is 2.46. The first kappa shape index (κ1) is 10.8. The SMILES string of the molecule is O=C(O)CCC/C=C1/C[C@@H]2C=CC[C@@H]2S1. The Balaban J connectivity index is 1.73. The zero-order valence-corrected chi connectivity index (χ0v) is 9.50. The average Bonchev–Trinajstić information content (AvgIpc) is 2.71. The summed E-state index contributed by atoms with van der Waals surface area (Å²) in [4.78, 5) is 11.8. The number of rotatable bonds is 4. The lowest BCUT2D eigenvalue weighted by Gasteiger charge is -2.03. The van der Waals surface area contributed by atoms with Crippen LogP contribution in [0, 0.1) is 5.92 Å². The molecule has 0 aromatic carbocycles. The molecular formula is C12H16O2S. The molecule has 2 atom stereocenters. The number of allylic oxidation sites excluding steroid dienone is 4. The molecule has 2 rings (SSSR count). The number of hydrogen-bond donors (Lipinski definition) is 1. The summed E-state index contributed by atoms with van der Waals surface area (Å²) in [7, 11) is 0. The summed E-state index contributed by atoms with van der Waals surface area (Å²) in [6.07, 6.45) is 11.2. The van der Waals surface area contributed by atoms with Crippen LogP contribution in [-0.2, 0) is 4.79 Å². The van der Waals surface area contributed by atoms with Gasteiger partial charge in [0.25, 0.3) is 0 Å². The van der Waals surface area contributed by atoms with Crippen LogP contribution in [0.3, 0.4) is 0 Å². The first-order valence-electron chi connectivity index (χ1n) is 5.50. The summed E-state index contributed by atoms with van der Waals surface area (Å²) in [6, 6.07) is 0. The fraction of sp³-hybridized carbons (Fsp3) is 0.583. The van der Waals surface area contributed by atoms with E-state index < -0.39 is 5.97 Å². The van der Waals surface area contributed by atoms with Crippen molar-refractivity contribution >= 4 is 17.7 Å². The largest absolute Gasteiger partial charge is 0.481 e. The standard InChI is InChI=1S/C12H16O2S/c13-12(14)7-2-1-5-10-8-9-4-3-6-11(9)15-10/h3-5,9,11H,1-2,6-8H2,(H,13,14)/b10-5-/t9-,11-/m0/s1. The van der Waals surface area contributed by atoms with Crippen LogP contribution >= 0.6 is 11.8 Å². The molecule has 0 saturated carbocycles. The molecule has 2 aliphatic rings. The number of thioether (sulfide) groups is 1. The van der Waals surface area contributed by atoms with Gasteiger partial charge in [0, 0.05) is 11.7 Å². The van der Waals surface area contributed by atoms with E-state index in [1.54, 1.807) is 0 Å². The minimum atomic E-state index is -0.688. The minimum Gasteiger partial charge on any atom is -0.481 e. The molecule has 2 nitrogen and oxygen atoms in total. The Morgan fingerprint density at radius 2 is 2.53 bits per heavy atom. The van der Waals surface area contributed by atoms with Crippen LogP contribution in [0.2, 0.25) is 0 Å². The van der Waals surface area contributed by atoms with Crippen molar-refractivity contribution in [2.24, 2.45) is 5.92 Å². The molecule has 1 aliphatic heterocycles. The zero-order chi connectivity index (χ0) is 10.7. The summed E-state index contributed by atoms with van der Waals surface area (Å²) in [5.41, 5.74) is 0. The molecule has 1 N–H and O–H groups in total. The van der Waals surface area contributed by atoms with Gasteiger partial charge in [0.1, 0.15) is 0 Å². The lowest BCUT2D eigenvalue weighted by Crippen LogP contribution is -2.00. The summed E-state index contributed by atoms with van der Waals surface area (Å²) < 4.78 is 0. The van der Waals surface area contributed by atoms with Gasteiger partial charge in [0.05, 0.1) is 0 Å². The second-order valence-electron chi connectivity index (χ2n) is 4.14. The van der Waals surface area contributed by atoms with E-state index in [-0.39, 0.29) is 0 Å². The fourth-order valence-electron chi connectivity index (χ4n) is 2.14. The maximum Gasteiger partial charge on any atom is 0.303 e. The van der Waals surface area contributed by atoms with Crippen molar-refractivity contribution in [3.8, 4) is 0 Å². The van der Waals surface area contributed by atoms with Crippen LogP contribution in [0.15, 0.2) is 23.1 Å². The predicted molar refractivity (Wildman–Crippen MR) is 62.8 cm³/mol. The lowest BCUT2D eigenvalue weighted by molar-refractivity contribution is -0.137. The van der Waals surface area contributed by atoms with Gasteiger partial charge >= 0.3 is 5.97 Å². The highest BCUT2D eigenvalue weighted by atomic mass is 32.2. The molecule has 0 spiro atoms. The van der Waals surface area contributed by atoms with Crippen molar-refractivity contribution in [2.75, 3.05) is 0 Å². The number of hydrogen-bond acceptors (Lipinski definition) is 2. The number of aliphatic carboxylic acids is 1.